The number of rotatable bonds is 12. The standard InChI is InChI=1S/C22H45N5O2.HI/c1-5-19(6-2)21(27-12-15-29-16-13-27)18-25-22(23-7-3)24-17-20-9-8-10-26(20)11-14-28-4;/h19-21H,5-18H2,1-4H3,(H2,23,24,25);1H. The van der Waals surface area contributed by atoms with Crippen LogP contribution in [-0.4, -0.2) is 101 Å². The average molecular weight is 540 g/mol. The number of hydrogen-bond donors (Lipinski definition) is 2. The minimum Gasteiger partial charge on any atom is -0.383 e. The third kappa shape index (κ3) is 9.14. The molecule has 0 radical (unpaired) electrons. The summed E-state index contributed by atoms with van der Waals surface area (Å²) in [6, 6.07) is 1.07. The molecule has 0 aliphatic carbocycles. The van der Waals surface area contributed by atoms with Crippen molar-refractivity contribution in [2.75, 3.05) is 72.7 Å². The normalized spacial score (nSPS) is 22.2. The Morgan fingerprint density at radius 3 is 2.50 bits per heavy atom. The molecule has 0 amide bonds. The molecule has 0 spiro atoms. The number of guanidine groups is 1. The predicted molar refractivity (Wildman–Crippen MR) is 136 cm³/mol. The molecule has 8 heteroatoms. The van der Waals surface area contributed by atoms with Gasteiger partial charge in [0.25, 0.3) is 0 Å². The minimum absolute atomic E-state index is 0. The van der Waals surface area contributed by atoms with E-state index in [0.29, 0.717) is 18.0 Å². The van der Waals surface area contributed by atoms with Crippen molar-refractivity contribution in [3.05, 3.63) is 0 Å². The van der Waals surface area contributed by atoms with Crippen LogP contribution in [0.2, 0.25) is 0 Å². The summed E-state index contributed by atoms with van der Waals surface area (Å²) in [4.78, 5) is 10.2. The number of nitrogens with zero attached hydrogens (tertiary/aromatic N) is 3. The van der Waals surface area contributed by atoms with Gasteiger partial charge in [-0.15, -0.1) is 24.0 Å². The first-order chi connectivity index (χ1) is 14.2. The van der Waals surface area contributed by atoms with E-state index in [1.807, 2.05) is 0 Å². The third-order valence-corrected chi connectivity index (χ3v) is 6.48. The third-order valence-electron chi connectivity index (χ3n) is 6.48. The van der Waals surface area contributed by atoms with Crippen molar-refractivity contribution in [2.24, 2.45) is 10.9 Å². The van der Waals surface area contributed by atoms with Gasteiger partial charge in [-0.3, -0.25) is 14.8 Å². The molecule has 0 aromatic carbocycles. The Morgan fingerprint density at radius 1 is 1.13 bits per heavy atom. The van der Waals surface area contributed by atoms with Crippen molar-refractivity contribution in [1.82, 2.24) is 20.4 Å². The van der Waals surface area contributed by atoms with Gasteiger partial charge in [-0.05, 0) is 32.2 Å². The topological polar surface area (TPSA) is 61.4 Å². The van der Waals surface area contributed by atoms with E-state index in [9.17, 15) is 0 Å². The van der Waals surface area contributed by atoms with Crippen LogP contribution in [0.15, 0.2) is 4.99 Å². The van der Waals surface area contributed by atoms with Gasteiger partial charge in [0, 0.05) is 51.9 Å². The zero-order chi connectivity index (χ0) is 20.9. The summed E-state index contributed by atoms with van der Waals surface area (Å²) in [5.41, 5.74) is 0. The number of halogens is 1. The van der Waals surface area contributed by atoms with Crippen LogP contribution < -0.4 is 10.6 Å². The molecule has 178 valence electrons. The SMILES string of the molecule is CCNC(=NCC(C(CC)CC)N1CCOCC1)NCC1CCCN1CCOC.I. The molecule has 2 rings (SSSR count). The summed E-state index contributed by atoms with van der Waals surface area (Å²) in [5.74, 6) is 1.63. The van der Waals surface area contributed by atoms with E-state index in [1.54, 1.807) is 7.11 Å². The summed E-state index contributed by atoms with van der Waals surface area (Å²) < 4.78 is 10.8. The second kappa shape index (κ2) is 16.5. The Balaban J connectivity index is 0.00000450. The van der Waals surface area contributed by atoms with E-state index < -0.39 is 0 Å². The molecule has 0 aromatic heterocycles. The lowest BCUT2D eigenvalue weighted by Crippen LogP contribution is -2.49. The van der Waals surface area contributed by atoms with Crippen molar-refractivity contribution in [3.63, 3.8) is 0 Å². The first kappa shape index (κ1) is 27.9. The molecular weight excluding hydrogens is 493 g/mol. The maximum atomic E-state index is 5.58. The van der Waals surface area contributed by atoms with Crippen LogP contribution >= 0.6 is 24.0 Å². The second-order valence-corrected chi connectivity index (χ2v) is 8.22. The van der Waals surface area contributed by atoms with Crippen LogP contribution in [0, 0.1) is 5.92 Å². The molecule has 7 nitrogen and oxygen atoms in total. The van der Waals surface area contributed by atoms with Crippen molar-refractivity contribution in [1.29, 1.82) is 0 Å². The molecule has 2 N–H and O–H groups in total. The summed E-state index contributed by atoms with van der Waals surface area (Å²) in [5, 5.41) is 7.07. The summed E-state index contributed by atoms with van der Waals surface area (Å²) >= 11 is 0. The fourth-order valence-corrected chi connectivity index (χ4v) is 4.67. The number of methoxy groups -OCH3 is 1. The quantitative estimate of drug-likeness (QED) is 0.226. The molecule has 2 heterocycles. The summed E-state index contributed by atoms with van der Waals surface area (Å²) in [6.45, 7) is 16.2. The van der Waals surface area contributed by atoms with Crippen molar-refractivity contribution in [2.45, 2.75) is 58.5 Å². The maximum Gasteiger partial charge on any atom is 0.191 e. The molecule has 2 saturated heterocycles. The average Bonchev–Trinajstić information content (AvgIpc) is 3.21. The largest absolute Gasteiger partial charge is 0.383 e. The first-order valence-electron chi connectivity index (χ1n) is 11.8. The van der Waals surface area contributed by atoms with Gasteiger partial charge >= 0.3 is 0 Å². The van der Waals surface area contributed by atoms with Gasteiger partial charge in [-0.2, -0.15) is 0 Å². The molecule has 0 saturated carbocycles. The lowest BCUT2D eigenvalue weighted by atomic mass is 9.92. The van der Waals surface area contributed by atoms with E-state index in [2.05, 4.69) is 41.2 Å². The number of morpholine rings is 1. The Bertz CT molecular complexity index is 459. The number of nitrogens with one attached hydrogen (secondary N) is 2. The summed E-state index contributed by atoms with van der Waals surface area (Å²) in [6.07, 6.45) is 4.93. The molecule has 30 heavy (non-hydrogen) atoms. The molecule has 2 fully saturated rings. The molecular formula is C22H46IN5O2. The first-order valence-corrected chi connectivity index (χ1v) is 11.8. The fraction of sp³-hybridized carbons (Fsp3) is 0.955. The van der Waals surface area contributed by atoms with Crippen LogP contribution in [0.4, 0.5) is 0 Å². The minimum atomic E-state index is 0. The molecule has 0 aromatic rings. The Labute approximate surface area is 201 Å². The molecule has 2 unspecified atom stereocenters. The second-order valence-electron chi connectivity index (χ2n) is 8.22. The predicted octanol–water partition coefficient (Wildman–Crippen LogP) is 2.41. The Kier molecular flexibility index (Phi) is 15.3. The van der Waals surface area contributed by atoms with Gasteiger partial charge in [0.1, 0.15) is 0 Å². The maximum absolute atomic E-state index is 5.58. The van der Waals surface area contributed by atoms with Crippen LogP contribution in [0.1, 0.15) is 46.5 Å². The van der Waals surface area contributed by atoms with Crippen LogP contribution in [0.25, 0.3) is 0 Å². The number of likely N-dealkylation sites (tertiary alicyclic amines) is 1. The van der Waals surface area contributed by atoms with Gasteiger partial charge in [0.05, 0.1) is 26.4 Å². The molecule has 0 bridgehead atoms. The molecule has 2 aliphatic heterocycles. The lowest BCUT2D eigenvalue weighted by Gasteiger charge is -2.38. The van der Waals surface area contributed by atoms with E-state index in [-0.39, 0.29) is 24.0 Å². The zero-order valence-corrected chi connectivity index (χ0v) is 22.0. The van der Waals surface area contributed by atoms with E-state index in [4.69, 9.17) is 14.5 Å². The molecule has 2 atom stereocenters. The Morgan fingerprint density at radius 2 is 1.87 bits per heavy atom. The fourth-order valence-electron chi connectivity index (χ4n) is 4.67. The lowest BCUT2D eigenvalue weighted by molar-refractivity contribution is 0.00395. The van der Waals surface area contributed by atoms with Gasteiger partial charge in [-0.25, -0.2) is 0 Å². The number of aliphatic imine (C=N–C) groups is 1. The van der Waals surface area contributed by atoms with Crippen LogP contribution in [0.3, 0.4) is 0 Å². The van der Waals surface area contributed by atoms with Gasteiger partial charge in [-0.1, -0.05) is 26.7 Å². The van der Waals surface area contributed by atoms with E-state index in [1.165, 1.54) is 32.2 Å². The van der Waals surface area contributed by atoms with Crippen molar-refractivity contribution < 1.29 is 9.47 Å². The highest BCUT2D eigenvalue weighted by molar-refractivity contribution is 14.0. The zero-order valence-electron chi connectivity index (χ0n) is 19.7. The summed E-state index contributed by atoms with van der Waals surface area (Å²) in [7, 11) is 1.78. The highest BCUT2D eigenvalue weighted by atomic mass is 127. The number of hydrogen-bond acceptors (Lipinski definition) is 5. The van der Waals surface area contributed by atoms with Gasteiger partial charge in [0.15, 0.2) is 5.96 Å². The van der Waals surface area contributed by atoms with Gasteiger partial charge in [0.2, 0.25) is 0 Å². The highest BCUT2D eigenvalue weighted by Gasteiger charge is 2.27. The van der Waals surface area contributed by atoms with Crippen LogP contribution in [-0.2, 0) is 9.47 Å². The van der Waals surface area contributed by atoms with Crippen molar-refractivity contribution in [3.8, 4) is 0 Å². The Hall–Kier alpha value is -0.160. The van der Waals surface area contributed by atoms with E-state index in [0.717, 1.165) is 65.0 Å². The van der Waals surface area contributed by atoms with E-state index >= 15 is 0 Å². The monoisotopic (exact) mass is 539 g/mol. The molecule has 2 aliphatic rings. The van der Waals surface area contributed by atoms with Crippen LogP contribution in [0.5, 0.6) is 0 Å². The number of ether oxygens (including phenoxy) is 2. The van der Waals surface area contributed by atoms with Gasteiger partial charge < -0.3 is 20.1 Å². The van der Waals surface area contributed by atoms with Crippen molar-refractivity contribution >= 4 is 29.9 Å². The smallest absolute Gasteiger partial charge is 0.191 e. The highest BCUT2D eigenvalue weighted by Crippen LogP contribution is 2.20.